The molecule has 13 N–H and O–H groups in total. The fraction of sp³-hybridized carbons (Fsp3) is 0.953. The van der Waals surface area contributed by atoms with Crippen molar-refractivity contribution in [3.05, 3.63) is 0 Å². The van der Waals surface area contributed by atoms with Crippen LogP contribution in [0.25, 0.3) is 0 Å². The first kappa shape index (κ1) is 58.0. The van der Waals surface area contributed by atoms with E-state index in [1.165, 1.54) is 48.5 Å². The average molecular weight is 1010 g/mol. The van der Waals surface area contributed by atoms with Crippen molar-refractivity contribution >= 4 is 11.8 Å². The SMILES string of the molecule is CCCCCOC1O[C@H](CO)[C@H](O)[C@H](O[C@@H]2O[C@@H](C)[C@H](O)[C@@H](O)[C@H]2O[C@@H]2O[C@@H](C)[C@H](O)[C@@H](O[C@@H]3O[C@@H](C)[C@H](O)[C@@H](O[C@@H]4O[C@H](C)[C@](O)(NC(=O)CC(C)(C)O)[C@H](O)[C@H]4OC)[C@H]3O)[C@H]2O)[C@H]1NC(C)=O. The molecule has 0 spiro atoms. The van der Waals surface area contributed by atoms with Gasteiger partial charge in [-0.2, -0.15) is 0 Å². The van der Waals surface area contributed by atoms with Crippen LogP contribution in [0.4, 0.5) is 0 Å². The number of hydrogen-bond acceptors (Lipinski definition) is 24. The molecular weight excluding hydrogens is 928 g/mol. The summed E-state index contributed by atoms with van der Waals surface area (Å²) in [6, 6.07) is -1.22. The number of unbranched alkanes of at least 4 members (excludes halogenated alkanes) is 2. The lowest BCUT2D eigenvalue weighted by Crippen LogP contribution is -2.73. The number of amides is 2. The molecule has 0 saturated carbocycles. The fourth-order valence-electron chi connectivity index (χ4n) is 8.94. The minimum atomic E-state index is -2.46. The van der Waals surface area contributed by atoms with E-state index in [1.54, 1.807) is 0 Å². The largest absolute Gasteiger partial charge is 0.394 e. The third-order valence-electron chi connectivity index (χ3n) is 13.0. The van der Waals surface area contributed by atoms with Gasteiger partial charge >= 0.3 is 0 Å². The zero-order valence-electron chi connectivity index (χ0n) is 40.3. The summed E-state index contributed by atoms with van der Waals surface area (Å²) in [7, 11) is 1.14. The van der Waals surface area contributed by atoms with Crippen LogP contribution in [0.1, 0.15) is 81.1 Å². The molecule has 402 valence electrons. The monoisotopic (exact) mass is 1000 g/mol. The number of methoxy groups -OCH3 is 1. The van der Waals surface area contributed by atoms with Crippen molar-refractivity contribution in [2.45, 2.75) is 240 Å². The van der Waals surface area contributed by atoms with E-state index in [4.69, 9.17) is 52.1 Å². The quantitative estimate of drug-likeness (QED) is 0.0425. The molecule has 0 aromatic heterocycles. The minimum absolute atomic E-state index is 0.190. The predicted molar refractivity (Wildman–Crippen MR) is 229 cm³/mol. The number of hydrogen-bond donors (Lipinski definition) is 13. The molecule has 5 rings (SSSR count). The van der Waals surface area contributed by atoms with E-state index in [2.05, 4.69) is 10.6 Å². The molecule has 0 radical (unpaired) electrons. The highest BCUT2D eigenvalue weighted by atomic mass is 16.8. The highest BCUT2D eigenvalue weighted by Gasteiger charge is 2.59. The molecule has 0 aliphatic carbocycles. The average Bonchev–Trinajstić information content (AvgIpc) is 3.26. The van der Waals surface area contributed by atoms with Crippen LogP contribution >= 0.6 is 0 Å². The highest BCUT2D eigenvalue weighted by Crippen LogP contribution is 2.37. The molecule has 2 amide bonds. The smallest absolute Gasteiger partial charge is 0.225 e. The van der Waals surface area contributed by atoms with Gasteiger partial charge in [-0.3, -0.25) is 9.59 Å². The first-order valence-electron chi connectivity index (χ1n) is 23.4. The Kier molecular flexibility index (Phi) is 20.5. The topological polar surface area (TPSA) is 382 Å². The molecule has 5 fully saturated rings. The molecular formula is C43H76N2O24. The Morgan fingerprint density at radius 3 is 1.67 bits per heavy atom. The van der Waals surface area contributed by atoms with Crippen LogP contribution in [-0.4, -0.2) is 247 Å². The summed E-state index contributed by atoms with van der Waals surface area (Å²) >= 11 is 0. The maximum Gasteiger partial charge on any atom is 0.225 e. The molecule has 5 aliphatic rings. The Hall–Kier alpha value is -1.94. The molecule has 0 aromatic carbocycles. The first-order chi connectivity index (χ1) is 32.3. The predicted octanol–water partition coefficient (Wildman–Crippen LogP) is -5.20. The molecule has 0 bridgehead atoms. The molecule has 26 heteroatoms. The van der Waals surface area contributed by atoms with Gasteiger partial charge in [0.1, 0.15) is 97.6 Å². The molecule has 1 unspecified atom stereocenters. The molecule has 5 aliphatic heterocycles. The van der Waals surface area contributed by atoms with Gasteiger partial charge in [-0.15, -0.1) is 0 Å². The van der Waals surface area contributed by atoms with Gasteiger partial charge in [0.2, 0.25) is 11.8 Å². The first-order valence-corrected chi connectivity index (χ1v) is 23.4. The molecule has 26 nitrogen and oxygen atoms in total. The summed E-state index contributed by atoms with van der Waals surface area (Å²) in [6.07, 6.45) is -34.9. The second kappa shape index (κ2) is 24.4. The summed E-state index contributed by atoms with van der Waals surface area (Å²) in [6.45, 7) is 10.9. The Balaban J connectivity index is 1.34. The maximum atomic E-state index is 12.7. The highest BCUT2D eigenvalue weighted by molar-refractivity contribution is 5.77. The van der Waals surface area contributed by atoms with Gasteiger partial charge in [-0.05, 0) is 48.0 Å². The van der Waals surface area contributed by atoms with E-state index in [1.807, 2.05) is 6.92 Å². The minimum Gasteiger partial charge on any atom is -0.394 e. The third kappa shape index (κ3) is 13.4. The second-order valence-corrected chi connectivity index (χ2v) is 19.2. The van der Waals surface area contributed by atoms with Crippen molar-refractivity contribution in [1.82, 2.24) is 10.6 Å². The van der Waals surface area contributed by atoms with Gasteiger partial charge in [-0.25, -0.2) is 0 Å². The lowest BCUT2D eigenvalue weighted by atomic mass is 9.91. The lowest BCUT2D eigenvalue weighted by Gasteiger charge is -2.51. The van der Waals surface area contributed by atoms with Crippen LogP contribution < -0.4 is 10.6 Å². The molecule has 5 saturated heterocycles. The van der Waals surface area contributed by atoms with Gasteiger partial charge in [0.15, 0.2) is 37.2 Å². The number of rotatable bonds is 19. The number of aliphatic hydroxyl groups is 11. The molecule has 0 aromatic rings. The van der Waals surface area contributed by atoms with E-state index in [9.17, 15) is 65.8 Å². The van der Waals surface area contributed by atoms with E-state index < -0.39 is 184 Å². The van der Waals surface area contributed by atoms with Gasteiger partial charge < -0.3 is 119 Å². The molecule has 25 atom stereocenters. The van der Waals surface area contributed by atoms with Crippen LogP contribution in [0.15, 0.2) is 0 Å². The van der Waals surface area contributed by atoms with Crippen LogP contribution in [-0.2, 0) is 61.7 Å². The fourth-order valence-corrected chi connectivity index (χ4v) is 8.94. The van der Waals surface area contributed by atoms with Crippen molar-refractivity contribution in [3.63, 3.8) is 0 Å². The number of nitrogens with one attached hydrogen (secondary N) is 2. The zero-order valence-corrected chi connectivity index (χ0v) is 40.3. The van der Waals surface area contributed by atoms with E-state index in [-0.39, 0.29) is 6.61 Å². The molecule has 69 heavy (non-hydrogen) atoms. The van der Waals surface area contributed by atoms with Gasteiger partial charge in [-0.1, -0.05) is 19.8 Å². The Bertz CT molecular complexity index is 1630. The van der Waals surface area contributed by atoms with E-state index >= 15 is 0 Å². The summed E-state index contributed by atoms with van der Waals surface area (Å²) in [5, 5.41) is 128. The maximum absolute atomic E-state index is 12.7. The number of aliphatic hydroxyl groups excluding tert-OH is 9. The van der Waals surface area contributed by atoms with Crippen molar-refractivity contribution in [2.24, 2.45) is 0 Å². The van der Waals surface area contributed by atoms with E-state index in [0.717, 1.165) is 20.0 Å². The Morgan fingerprint density at radius 1 is 0.638 bits per heavy atom. The van der Waals surface area contributed by atoms with E-state index in [0.29, 0.717) is 6.42 Å². The summed E-state index contributed by atoms with van der Waals surface area (Å²) in [4.78, 5) is 25.2. The van der Waals surface area contributed by atoms with Crippen LogP contribution in [0.5, 0.6) is 0 Å². The summed E-state index contributed by atoms with van der Waals surface area (Å²) in [5.41, 5.74) is -3.93. The van der Waals surface area contributed by atoms with Crippen molar-refractivity contribution in [2.75, 3.05) is 20.3 Å². The Labute approximate surface area is 399 Å². The van der Waals surface area contributed by atoms with Gasteiger partial charge in [0.05, 0.1) is 36.9 Å². The standard InChI is InChI=1S/C43H76N2O24/c1-10-11-12-13-60-37-23(44-20(6)47)31(27(52)21(15-46)65-37)66-40-34(28(53)24(49)16(2)63-40)69-39-29(54)32(25(50)17(3)62-39)67-38-30(55)33(26(51)18(4)61-38)68-41-35(59-9)36(56)43(58,19(5)64-41)45-22(48)14-42(7,8)57/h16-19,21,23-41,46,49-58H,10-15H2,1-9H3,(H,44,47)(H,45,48)/t16-,17-,18-,19+,21+,23+,24-,25-,26-,27-,28+,29+,30+,31+,32+,33+,34+,35+,36+,37?,38-,39-,40-,41-,43+/m0/s1. The van der Waals surface area contributed by atoms with Crippen molar-refractivity contribution in [1.29, 1.82) is 0 Å². The normalized spacial score (nSPS) is 46.6. The van der Waals surface area contributed by atoms with Crippen LogP contribution in [0.2, 0.25) is 0 Å². The van der Waals surface area contributed by atoms with Crippen molar-refractivity contribution in [3.8, 4) is 0 Å². The lowest BCUT2D eigenvalue weighted by molar-refractivity contribution is -0.396. The van der Waals surface area contributed by atoms with Gasteiger partial charge in [0.25, 0.3) is 0 Å². The third-order valence-corrected chi connectivity index (χ3v) is 13.0. The summed E-state index contributed by atoms with van der Waals surface area (Å²) < 4.78 is 64.9. The van der Waals surface area contributed by atoms with Gasteiger partial charge in [0, 0.05) is 20.6 Å². The number of carbonyl (C=O) groups excluding carboxylic acids is 2. The summed E-state index contributed by atoms with van der Waals surface area (Å²) in [5.74, 6) is -1.39. The Morgan fingerprint density at radius 2 is 1.14 bits per heavy atom. The number of carbonyl (C=O) groups is 2. The van der Waals surface area contributed by atoms with Crippen LogP contribution in [0.3, 0.4) is 0 Å². The van der Waals surface area contributed by atoms with Crippen molar-refractivity contribution < 1.29 is 118 Å². The zero-order chi connectivity index (χ0) is 51.4. The second-order valence-electron chi connectivity index (χ2n) is 19.2. The molecule has 5 heterocycles. The number of ether oxygens (including phenoxy) is 11. The van der Waals surface area contributed by atoms with Crippen LogP contribution in [0, 0.1) is 0 Å².